The van der Waals surface area contributed by atoms with Gasteiger partial charge in [-0.3, -0.25) is 9.81 Å². The number of aromatic nitrogens is 3. The van der Waals surface area contributed by atoms with Gasteiger partial charge in [0.1, 0.15) is 0 Å². The van der Waals surface area contributed by atoms with Gasteiger partial charge in [0.15, 0.2) is 10.8 Å². The highest BCUT2D eigenvalue weighted by Crippen LogP contribution is 2.24. The van der Waals surface area contributed by atoms with E-state index in [2.05, 4.69) is 10.2 Å². The number of nitrogens with two attached hydrogens (primary N) is 1. The summed E-state index contributed by atoms with van der Waals surface area (Å²) in [6.07, 6.45) is 5.08. The van der Waals surface area contributed by atoms with E-state index in [9.17, 15) is 0 Å². The number of fused-ring (bicyclic) bond motifs is 1. The maximum Gasteiger partial charge on any atom is 0.195 e. The largest absolute Gasteiger partial charge is 0.387 e. The van der Waals surface area contributed by atoms with Crippen LogP contribution in [0.1, 0.15) is 33.1 Å². The van der Waals surface area contributed by atoms with Crippen molar-refractivity contribution >= 4 is 23.2 Å². The fourth-order valence-corrected chi connectivity index (χ4v) is 2.81. The molecule has 0 atom stereocenters. The first-order chi connectivity index (χ1) is 9.50. The maximum atomic E-state index is 7.53. The predicted octanol–water partition coefficient (Wildman–Crippen LogP) is 2.95. The van der Waals surface area contributed by atoms with Gasteiger partial charge in [-0.05, 0) is 25.0 Å². The van der Waals surface area contributed by atoms with Crippen LogP contribution in [0.4, 0.5) is 0 Å². The Morgan fingerprint density at radius 3 is 2.90 bits per heavy atom. The summed E-state index contributed by atoms with van der Waals surface area (Å²) < 4.78 is 2.00. The van der Waals surface area contributed by atoms with Gasteiger partial charge in [-0.15, -0.1) is 10.2 Å². The standard InChI is InChI=1S/C14H21N5S/c1-14(2,12(15)16)8-4-6-10-20-13-18-17-11-7-3-5-9-19(11)13/h3,5,7,9H,4,6,8,10H2,1-2H3,(H3,15,16). The van der Waals surface area contributed by atoms with Gasteiger partial charge in [-0.2, -0.15) is 0 Å². The van der Waals surface area contributed by atoms with Crippen LogP contribution in [0.2, 0.25) is 0 Å². The summed E-state index contributed by atoms with van der Waals surface area (Å²) >= 11 is 1.72. The monoisotopic (exact) mass is 291 g/mol. The van der Waals surface area contributed by atoms with Crippen LogP contribution in [-0.4, -0.2) is 26.2 Å². The number of amidine groups is 1. The molecule has 108 valence electrons. The summed E-state index contributed by atoms with van der Waals surface area (Å²) in [6.45, 7) is 4.04. The van der Waals surface area contributed by atoms with Crippen LogP contribution in [0.25, 0.3) is 5.65 Å². The summed E-state index contributed by atoms with van der Waals surface area (Å²) in [7, 11) is 0. The smallest absolute Gasteiger partial charge is 0.195 e. The first-order valence-electron chi connectivity index (χ1n) is 6.78. The number of nitrogens with one attached hydrogen (secondary N) is 1. The second kappa shape index (κ2) is 6.26. The van der Waals surface area contributed by atoms with Crippen LogP contribution in [0.5, 0.6) is 0 Å². The van der Waals surface area contributed by atoms with Gasteiger partial charge in [0.25, 0.3) is 0 Å². The topological polar surface area (TPSA) is 80.1 Å². The molecule has 20 heavy (non-hydrogen) atoms. The second-order valence-corrected chi connectivity index (χ2v) is 6.58. The molecule has 0 amide bonds. The molecule has 0 bridgehead atoms. The normalized spacial score (nSPS) is 11.9. The summed E-state index contributed by atoms with van der Waals surface area (Å²) in [6, 6.07) is 5.89. The number of nitrogens with zero attached hydrogens (tertiary/aromatic N) is 3. The van der Waals surface area contributed by atoms with Crippen molar-refractivity contribution in [2.24, 2.45) is 11.1 Å². The van der Waals surface area contributed by atoms with Gasteiger partial charge in [0.2, 0.25) is 0 Å². The fraction of sp³-hybridized carbons (Fsp3) is 0.500. The van der Waals surface area contributed by atoms with Gasteiger partial charge < -0.3 is 5.73 Å². The molecule has 2 rings (SSSR count). The molecule has 0 saturated heterocycles. The number of pyridine rings is 1. The minimum absolute atomic E-state index is 0.188. The van der Waals surface area contributed by atoms with Crippen LogP contribution in [0.3, 0.4) is 0 Å². The predicted molar refractivity (Wildman–Crippen MR) is 83.3 cm³/mol. The van der Waals surface area contributed by atoms with E-state index in [0.717, 1.165) is 35.8 Å². The molecule has 0 saturated carbocycles. The number of unbranched alkanes of at least 4 members (excludes halogenated alkanes) is 1. The quantitative estimate of drug-likeness (QED) is 0.356. The third kappa shape index (κ3) is 3.50. The molecule has 2 aromatic heterocycles. The number of hydrogen-bond donors (Lipinski definition) is 2. The zero-order chi connectivity index (χ0) is 14.6. The van der Waals surface area contributed by atoms with E-state index in [4.69, 9.17) is 11.1 Å². The molecular formula is C14H21N5S. The molecule has 0 aliphatic rings. The Morgan fingerprint density at radius 2 is 2.15 bits per heavy atom. The lowest BCUT2D eigenvalue weighted by molar-refractivity contribution is 0.448. The summed E-state index contributed by atoms with van der Waals surface area (Å²) in [5.74, 6) is 1.28. The van der Waals surface area contributed by atoms with Crippen LogP contribution in [0.15, 0.2) is 29.6 Å². The highest BCUT2D eigenvalue weighted by Gasteiger charge is 2.20. The van der Waals surface area contributed by atoms with Gasteiger partial charge >= 0.3 is 0 Å². The molecule has 0 aromatic carbocycles. The second-order valence-electron chi connectivity index (χ2n) is 5.51. The zero-order valence-corrected chi connectivity index (χ0v) is 12.8. The van der Waals surface area contributed by atoms with Crippen molar-refractivity contribution in [2.45, 2.75) is 38.3 Å². The van der Waals surface area contributed by atoms with Gasteiger partial charge in [0.05, 0.1) is 5.84 Å². The van der Waals surface area contributed by atoms with E-state index >= 15 is 0 Å². The number of thioether (sulfide) groups is 1. The lowest BCUT2D eigenvalue weighted by Gasteiger charge is -2.22. The molecule has 0 radical (unpaired) electrons. The average molecular weight is 291 g/mol. The first kappa shape index (κ1) is 14.8. The molecule has 2 heterocycles. The van der Waals surface area contributed by atoms with E-state index in [-0.39, 0.29) is 11.3 Å². The van der Waals surface area contributed by atoms with Crippen molar-refractivity contribution in [3.05, 3.63) is 24.4 Å². The van der Waals surface area contributed by atoms with Crippen molar-refractivity contribution in [1.82, 2.24) is 14.6 Å². The van der Waals surface area contributed by atoms with E-state index in [1.807, 2.05) is 42.6 Å². The molecule has 0 aliphatic heterocycles. The fourth-order valence-electron chi connectivity index (χ4n) is 1.89. The third-order valence-corrected chi connectivity index (χ3v) is 4.47. The average Bonchev–Trinajstić information content (AvgIpc) is 2.81. The van der Waals surface area contributed by atoms with Crippen molar-refractivity contribution in [1.29, 1.82) is 5.41 Å². The Morgan fingerprint density at radius 1 is 1.35 bits per heavy atom. The summed E-state index contributed by atoms with van der Waals surface area (Å²) in [4.78, 5) is 0. The highest BCUT2D eigenvalue weighted by atomic mass is 32.2. The molecule has 0 unspecified atom stereocenters. The molecular weight excluding hydrogens is 270 g/mol. The molecule has 2 aromatic rings. The minimum atomic E-state index is -0.188. The lowest BCUT2D eigenvalue weighted by Crippen LogP contribution is -2.30. The minimum Gasteiger partial charge on any atom is -0.387 e. The Labute approximate surface area is 123 Å². The van der Waals surface area contributed by atoms with E-state index in [0.29, 0.717) is 0 Å². The van der Waals surface area contributed by atoms with E-state index < -0.39 is 0 Å². The van der Waals surface area contributed by atoms with E-state index in [1.54, 1.807) is 11.8 Å². The Bertz CT molecular complexity index is 590. The van der Waals surface area contributed by atoms with Crippen LogP contribution in [-0.2, 0) is 0 Å². The van der Waals surface area contributed by atoms with Gasteiger partial charge in [-0.25, -0.2) is 0 Å². The Balaban J connectivity index is 1.78. The van der Waals surface area contributed by atoms with Crippen LogP contribution >= 0.6 is 11.8 Å². The van der Waals surface area contributed by atoms with Crippen molar-refractivity contribution in [3.8, 4) is 0 Å². The molecule has 3 N–H and O–H groups in total. The molecule has 0 aliphatic carbocycles. The van der Waals surface area contributed by atoms with Crippen molar-refractivity contribution in [2.75, 3.05) is 5.75 Å². The zero-order valence-electron chi connectivity index (χ0n) is 12.0. The molecule has 6 heteroatoms. The molecule has 0 fully saturated rings. The first-order valence-corrected chi connectivity index (χ1v) is 7.76. The maximum absolute atomic E-state index is 7.53. The van der Waals surface area contributed by atoms with Crippen LogP contribution < -0.4 is 5.73 Å². The third-order valence-electron chi connectivity index (χ3n) is 3.44. The number of hydrogen-bond acceptors (Lipinski definition) is 4. The van der Waals surface area contributed by atoms with Crippen molar-refractivity contribution in [3.63, 3.8) is 0 Å². The highest BCUT2D eigenvalue weighted by molar-refractivity contribution is 7.99. The lowest BCUT2D eigenvalue weighted by atomic mass is 9.86. The Kier molecular flexibility index (Phi) is 4.65. The Hall–Kier alpha value is -1.56. The number of rotatable bonds is 7. The molecule has 0 spiro atoms. The molecule has 5 nitrogen and oxygen atoms in total. The van der Waals surface area contributed by atoms with Gasteiger partial charge in [0, 0.05) is 17.4 Å². The van der Waals surface area contributed by atoms with Gasteiger partial charge in [-0.1, -0.05) is 38.1 Å². The summed E-state index contributed by atoms with van der Waals surface area (Å²) in [5, 5.41) is 16.8. The SMILES string of the molecule is CC(C)(CCCCSc1nnc2ccccn12)C(=N)N. The summed E-state index contributed by atoms with van der Waals surface area (Å²) in [5.41, 5.74) is 6.27. The van der Waals surface area contributed by atoms with Crippen LogP contribution in [0, 0.1) is 10.8 Å². The van der Waals surface area contributed by atoms with Crippen molar-refractivity contribution < 1.29 is 0 Å². The van der Waals surface area contributed by atoms with E-state index in [1.165, 1.54) is 0 Å².